The average molecular weight is 464 g/mol. The molecule has 1 fully saturated rings. The molecule has 0 unspecified atom stereocenters. The average Bonchev–Trinajstić information content (AvgIpc) is 2.79. The van der Waals surface area contributed by atoms with Crippen molar-refractivity contribution in [2.75, 3.05) is 56.2 Å². The minimum atomic E-state index is -3.45. The Labute approximate surface area is 188 Å². The quantitative estimate of drug-likeness (QED) is 0.576. The number of benzene rings is 2. The van der Waals surface area contributed by atoms with E-state index in [4.69, 9.17) is 4.74 Å². The molecule has 31 heavy (non-hydrogen) atoms. The standard InChI is InChI=1S/C22H29N3O4S2/c1-3-30-21-11-7-4-8-18(21)22(26)23-12-17-31(27,28)25-15-13-24(14-16-25)19-9-5-6-10-20(19)29-2/h4-11H,3,12-17H2,1-2H3,(H,23,26). The Morgan fingerprint density at radius 1 is 1.06 bits per heavy atom. The number of methoxy groups -OCH3 is 1. The maximum atomic E-state index is 12.8. The monoisotopic (exact) mass is 463 g/mol. The summed E-state index contributed by atoms with van der Waals surface area (Å²) in [6, 6.07) is 15.1. The van der Waals surface area contributed by atoms with Crippen molar-refractivity contribution in [3.63, 3.8) is 0 Å². The van der Waals surface area contributed by atoms with E-state index in [1.807, 2.05) is 49.4 Å². The normalized spacial score (nSPS) is 15.0. The molecular formula is C22H29N3O4S2. The summed E-state index contributed by atoms with van der Waals surface area (Å²) in [5, 5.41) is 2.76. The van der Waals surface area contributed by atoms with Crippen molar-refractivity contribution in [2.24, 2.45) is 0 Å². The topological polar surface area (TPSA) is 79.0 Å². The van der Waals surface area contributed by atoms with E-state index in [1.165, 1.54) is 4.31 Å². The highest BCUT2D eigenvalue weighted by Gasteiger charge is 2.27. The molecule has 7 nitrogen and oxygen atoms in total. The van der Waals surface area contributed by atoms with Crippen LogP contribution in [0.15, 0.2) is 53.4 Å². The number of sulfonamides is 1. The number of hydrogen-bond acceptors (Lipinski definition) is 6. The predicted octanol–water partition coefficient (Wildman–Crippen LogP) is 2.69. The van der Waals surface area contributed by atoms with Crippen molar-refractivity contribution in [3.8, 4) is 5.75 Å². The van der Waals surface area contributed by atoms with Gasteiger partial charge in [-0.05, 0) is 30.0 Å². The molecule has 3 rings (SSSR count). The zero-order valence-electron chi connectivity index (χ0n) is 17.9. The van der Waals surface area contributed by atoms with Crippen molar-refractivity contribution in [1.29, 1.82) is 0 Å². The Bertz CT molecular complexity index is 990. The fourth-order valence-electron chi connectivity index (χ4n) is 3.55. The molecule has 2 aromatic rings. The van der Waals surface area contributed by atoms with Crippen LogP contribution in [0.5, 0.6) is 5.75 Å². The second-order valence-electron chi connectivity index (χ2n) is 7.06. The molecule has 9 heteroatoms. The van der Waals surface area contributed by atoms with E-state index in [2.05, 4.69) is 10.2 Å². The fourth-order valence-corrected chi connectivity index (χ4v) is 5.69. The van der Waals surface area contributed by atoms with Crippen molar-refractivity contribution in [1.82, 2.24) is 9.62 Å². The van der Waals surface area contributed by atoms with Gasteiger partial charge in [-0.15, -0.1) is 11.8 Å². The number of carbonyl (C=O) groups excluding carboxylic acids is 1. The van der Waals surface area contributed by atoms with E-state index in [0.717, 1.165) is 22.1 Å². The SMILES string of the molecule is CCSc1ccccc1C(=O)NCCS(=O)(=O)N1CCN(c2ccccc2OC)CC1. The summed E-state index contributed by atoms with van der Waals surface area (Å²) in [6.45, 7) is 4.11. The number of anilines is 1. The van der Waals surface area contributed by atoms with Gasteiger partial charge in [-0.1, -0.05) is 31.2 Å². The van der Waals surface area contributed by atoms with Gasteiger partial charge in [-0.2, -0.15) is 4.31 Å². The highest BCUT2D eigenvalue weighted by Crippen LogP contribution is 2.28. The van der Waals surface area contributed by atoms with Crippen LogP contribution in [0.3, 0.4) is 0 Å². The number of rotatable bonds is 9. The lowest BCUT2D eigenvalue weighted by Gasteiger charge is -2.36. The number of hydrogen-bond donors (Lipinski definition) is 1. The third kappa shape index (κ3) is 5.93. The van der Waals surface area contributed by atoms with Crippen molar-refractivity contribution < 1.29 is 17.9 Å². The minimum Gasteiger partial charge on any atom is -0.495 e. The number of para-hydroxylation sites is 2. The Morgan fingerprint density at radius 2 is 1.74 bits per heavy atom. The largest absolute Gasteiger partial charge is 0.495 e. The summed E-state index contributed by atoms with van der Waals surface area (Å²) in [4.78, 5) is 15.5. The summed E-state index contributed by atoms with van der Waals surface area (Å²) in [5.41, 5.74) is 1.55. The number of nitrogens with one attached hydrogen (secondary N) is 1. The highest BCUT2D eigenvalue weighted by atomic mass is 32.2. The zero-order chi connectivity index (χ0) is 22.3. The Balaban J connectivity index is 1.52. The number of ether oxygens (including phenoxy) is 1. The van der Waals surface area contributed by atoms with Gasteiger partial charge in [0.1, 0.15) is 5.75 Å². The molecule has 0 radical (unpaired) electrons. The lowest BCUT2D eigenvalue weighted by atomic mass is 10.2. The Kier molecular flexibility index (Phi) is 8.22. The zero-order valence-corrected chi connectivity index (χ0v) is 19.5. The van der Waals surface area contributed by atoms with Gasteiger partial charge < -0.3 is 15.0 Å². The van der Waals surface area contributed by atoms with Crippen LogP contribution in [-0.4, -0.2) is 70.0 Å². The minimum absolute atomic E-state index is 0.0824. The predicted molar refractivity (Wildman–Crippen MR) is 126 cm³/mol. The van der Waals surface area contributed by atoms with Gasteiger partial charge in [0, 0.05) is 37.6 Å². The van der Waals surface area contributed by atoms with Gasteiger partial charge in [-0.25, -0.2) is 8.42 Å². The number of piperazine rings is 1. The molecule has 168 valence electrons. The van der Waals surface area contributed by atoms with Crippen LogP contribution in [0.1, 0.15) is 17.3 Å². The van der Waals surface area contributed by atoms with E-state index in [1.54, 1.807) is 24.9 Å². The summed E-state index contributed by atoms with van der Waals surface area (Å²) in [7, 11) is -1.82. The number of thioether (sulfide) groups is 1. The summed E-state index contributed by atoms with van der Waals surface area (Å²) >= 11 is 1.59. The van der Waals surface area contributed by atoms with Gasteiger partial charge >= 0.3 is 0 Å². The second kappa shape index (κ2) is 10.9. The first-order valence-corrected chi connectivity index (χ1v) is 12.9. The van der Waals surface area contributed by atoms with E-state index < -0.39 is 10.0 Å². The first kappa shape index (κ1) is 23.4. The lowest BCUT2D eigenvalue weighted by Crippen LogP contribution is -2.50. The number of carbonyl (C=O) groups is 1. The molecule has 0 atom stereocenters. The van der Waals surface area contributed by atoms with Gasteiger partial charge in [0.25, 0.3) is 5.91 Å². The summed E-state index contributed by atoms with van der Waals surface area (Å²) in [5.74, 6) is 1.28. The number of amides is 1. The second-order valence-corrected chi connectivity index (χ2v) is 10.5. The van der Waals surface area contributed by atoms with Crippen LogP contribution in [-0.2, 0) is 10.0 Å². The molecule has 0 saturated carbocycles. The Morgan fingerprint density at radius 3 is 2.45 bits per heavy atom. The molecular weight excluding hydrogens is 434 g/mol. The molecule has 1 saturated heterocycles. The summed E-state index contributed by atoms with van der Waals surface area (Å²) in [6.07, 6.45) is 0. The molecule has 1 aliphatic heterocycles. The van der Waals surface area contributed by atoms with E-state index in [9.17, 15) is 13.2 Å². The molecule has 1 heterocycles. The van der Waals surface area contributed by atoms with E-state index >= 15 is 0 Å². The van der Waals surface area contributed by atoms with Crippen LogP contribution in [0.2, 0.25) is 0 Å². The molecule has 0 aromatic heterocycles. The third-order valence-corrected chi connectivity index (χ3v) is 7.96. The molecule has 1 amide bonds. The smallest absolute Gasteiger partial charge is 0.252 e. The molecule has 0 aliphatic carbocycles. The third-order valence-electron chi connectivity index (χ3n) is 5.13. The Hall–Kier alpha value is -2.23. The van der Waals surface area contributed by atoms with Crippen molar-refractivity contribution >= 4 is 33.4 Å². The van der Waals surface area contributed by atoms with Crippen LogP contribution in [0, 0.1) is 0 Å². The lowest BCUT2D eigenvalue weighted by molar-refractivity contribution is 0.0953. The van der Waals surface area contributed by atoms with Crippen LogP contribution in [0.4, 0.5) is 5.69 Å². The van der Waals surface area contributed by atoms with Crippen LogP contribution >= 0.6 is 11.8 Å². The van der Waals surface area contributed by atoms with Crippen LogP contribution in [0.25, 0.3) is 0 Å². The molecule has 1 N–H and O–H groups in total. The first-order valence-electron chi connectivity index (χ1n) is 10.3. The highest BCUT2D eigenvalue weighted by molar-refractivity contribution is 7.99. The summed E-state index contributed by atoms with van der Waals surface area (Å²) < 4.78 is 32.5. The molecule has 1 aliphatic rings. The van der Waals surface area contributed by atoms with Gasteiger partial charge in [0.2, 0.25) is 10.0 Å². The maximum Gasteiger partial charge on any atom is 0.252 e. The van der Waals surface area contributed by atoms with Crippen LogP contribution < -0.4 is 15.0 Å². The van der Waals surface area contributed by atoms with Crippen molar-refractivity contribution in [2.45, 2.75) is 11.8 Å². The van der Waals surface area contributed by atoms with E-state index in [0.29, 0.717) is 31.7 Å². The molecule has 2 aromatic carbocycles. The molecule has 0 bridgehead atoms. The molecule has 0 spiro atoms. The van der Waals surface area contributed by atoms with E-state index in [-0.39, 0.29) is 18.2 Å². The van der Waals surface area contributed by atoms with Gasteiger partial charge in [-0.3, -0.25) is 4.79 Å². The first-order chi connectivity index (χ1) is 15.0. The number of nitrogens with zero attached hydrogens (tertiary/aromatic N) is 2. The van der Waals surface area contributed by atoms with Gasteiger partial charge in [0.15, 0.2) is 0 Å². The van der Waals surface area contributed by atoms with Gasteiger partial charge in [0.05, 0.1) is 24.1 Å². The fraction of sp³-hybridized carbons (Fsp3) is 0.409. The van der Waals surface area contributed by atoms with Crippen molar-refractivity contribution in [3.05, 3.63) is 54.1 Å². The maximum absolute atomic E-state index is 12.8.